The van der Waals surface area contributed by atoms with E-state index in [4.69, 9.17) is 4.74 Å². The summed E-state index contributed by atoms with van der Waals surface area (Å²) >= 11 is 0. The maximum absolute atomic E-state index is 9.77. The topological polar surface area (TPSA) is 93.7 Å². The van der Waals surface area contributed by atoms with Crippen LogP contribution < -0.4 is 4.74 Å². The second-order valence-corrected chi connectivity index (χ2v) is 4.25. The maximum Gasteiger partial charge on any atom is 0.205 e. The highest BCUT2D eigenvalue weighted by atomic mass is 16.5. The van der Waals surface area contributed by atoms with Crippen molar-refractivity contribution in [2.75, 3.05) is 7.11 Å². The van der Waals surface area contributed by atoms with Gasteiger partial charge in [-0.25, -0.2) is 0 Å². The van der Waals surface area contributed by atoms with E-state index >= 15 is 0 Å². The molecular formula is C16H13NO4. The number of allylic oxidation sites excluding steroid dienone is 1. The lowest BCUT2D eigenvalue weighted by Gasteiger charge is -2.10. The molecule has 0 aromatic heterocycles. The number of hydrogen-bond acceptors (Lipinski definition) is 5. The Labute approximate surface area is 121 Å². The van der Waals surface area contributed by atoms with E-state index in [0.717, 1.165) is 0 Å². The lowest BCUT2D eigenvalue weighted by Crippen LogP contribution is -1.90. The Bertz CT molecular complexity index is 730. The van der Waals surface area contributed by atoms with Crippen molar-refractivity contribution in [3.63, 3.8) is 0 Å². The average Bonchev–Trinajstić information content (AvgIpc) is 2.51. The molecule has 0 amide bonds. The van der Waals surface area contributed by atoms with Crippen LogP contribution in [0.4, 0.5) is 0 Å². The first-order valence-corrected chi connectivity index (χ1v) is 6.07. The molecule has 5 heteroatoms. The summed E-state index contributed by atoms with van der Waals surface area (Å²) in [5, 5.41) is 38.1. The van der Waals surface area contributed by atoms with Crippen molar-refractivity contribution in [1.29, 1.82) is 5.26 Å². The Morgan fingerprint density at radius 3 is 2.38 bits per heavy atom. The molecule has 0 atom stereocenters. The summed E-state index contributed by atoms with van der Waals surface area (Å²) in [6.07, 6.45) is 1.47. The first kappa shape index (κ1) is 14.3. The zero-order valence-electron chi connectivity index (χ0n) is 11.2. The molecule has 0 aliphatic heterocycles. The molecule has 0 fully saturated rings. The van der Waals surface area contributed by atoms with Gasteiger partial charge in [0.05, 0.1) is 18.8 Å². The second-order valence-electron chi connectivity index (χ2n) is 4.25. The van der Waals surface area contributed by atoms with Crippen LogP contribution in [0.3, 0.4) is 0 Å². The van der Waals surface area contributed by atoms with E-state index in [0.29, 0.717) is 11.1 Å². The largest absolute Gasteiger partial charge is 0.504 e. The van der Waals surface area contributed by atoms with E-state index < -0.39 is 17.2 Å². The van der Waals surface area contributed by atoms with Crippen molar-refractivity contribution in [3.05, 3.63) is 47.5 Å². The van der Waals surface area contributed by atoms with Gasteiger partial charge in [-0.3, -0.25) is 0 Å². The number of benzene rings is 2. The number of nitrogens with zero attached hydrogens (tertiary/aromatic N) is 1. The first-order chi connectivity index (χ1) is 10.1. The summed E-state index contributed by atoms with van der Waals surface area (Å²) in [7, 11) is 1.32. The Hall–Kier alpha value is -3.13. The van der Waals surface area contributed by atoms with Crippen LogP contribution in [-0.2, 0) is 0 Å². The maximum atomic E-state index is 9.77. The number of phenolic OH excluding ortho intramolecular Hbond substituents is 3. The molecule has 21 heavy (non-hydrogen) atoms. The average molecular weight is 283 g/mol. The normalized spacial score (nSPS) is 11.0. The van der Waals surface area contributed by atoms with Gasteiger partial charge in [-0.1, -0.05) is 30.3 Å². The van der Waals surface area contributed by atoms with E-state index in [1.807, 2.05) is 6.07 Å². The molecule has 0 radical (unpaired) electrons. The van der Waals surface area contributed by atoms with Gasteiger partial charge in [0.2, 0.25) is 11.5 Å². The Morgan fingerprint density at radius 1 is 1.14 bits per heavy atom. The van der Waals surface area contributed by atoms with Gasteiger partial charge < -0.3 is 20.1 Å². The minimum absolute atomic E-state index is 0.0195. The molecule has 3 N–H and O–H groups in total. The predicted octanol–water partition coefficient (Wildman–Crippen LogP) is 2.88. The van der Waals surface area contributed by atoms with Gasteiger partial charge in [0.15, 0.2) is 11.5 Å². The number of ether oxygens (including phenoxy) is 1. The molecule has 2 aromatic carbocycles. The number of phenols is 3. The molecule has 0 aliphatic rings. The number of nitriles is 1. The van der Waals surface area contributed by atoms with Crippen LogP contribution in [-0.4, -0.2) is 22.4 Å². The van der Waals surface area contributed by atoms with Gasteiger partial charge in [-0.2, -0.15) is 5.26 Å². The van der Waals surface area contributed by atoms with E-state index in [1.165, 1.54) is 19.3 Å². The van der Waals surface area contributed by atoms with Crippen LogP contribution in [0.2, 0.25) is 0 Å². The predicted molar refractivity (Wildman–Crippen MR) is 77.9 cm³/mol. The Morgan fingerprint density at radius 2 is 1.81 bits per heavy atom. The monoisotopic (exact) mass is 283 g/mol. The lowest BCUT2D eigenvalue weighted by atomic mass is 10.0. The Balaban J connectivity index is 2.62. The van der Waals surface area contributed by atoms with Crippen LogP contribution in [0.25, 0.3) is 11.6 Å². The molecule has 0 aliphatic carbocycles. The molecular weight excluding hydrogens is 270 g/mol. The third-order valence-corrected chi connectivity index (χ3v) is 2.95. The summed E-state index contributed by atoms with van der Waals surface area (Å²) in [6, 6.07) is 12.2. The number of aromatic hydroxyl groups is 3. The number of hydrogen-bond donors (Lipinski definition) is 3. The van der Waals surface area contributed by atoms with Crippen LogP contribution in [0.1, 0.15) is 11.1 Å². The van der Waals surface area contributed by atoms with E-state index in [2.05, 4.69) is 6.07 Å². The molecule has 0 bridgehead atoms. The van der Waals surface area contributed by atoms with E-state index in [9.17, 15) is 20.6 Å². The van der Waals surface area contributed by atoms with Crippen LogP contribution in [0.5, 0.6) is 23.0 Å². The number of methoxy groups -OCH3 is 1. The summed E-state index contributed by atoms with van der Waals surface area (Å²) in [5.74, 6) is -1.75. The second kappa shape index (κ2) is 5.88. The third-order valence-electron chi connectivity index (χ3n) is 2.95. The SMILES string of the molecule is COc1c(/C=C(/C#N)c2ccccc2)cc(O)c(O)c1O. The van der Waals surface area contributed by atoms with Crippen LogP contribution >= 0.6 is 0 Å². The third kappa shape index (κ3) is 2.74. The highest BCUT2D eigenvalue weighted by molar-refractivity contribution is 5.91. The van der Waals surface area contributed by atoms with Gasteiger partial charge in [-0.15, -0.1) is 0 Å². The van der Waals surface area contributed by atoms with Crippen molar-refractivity contribution >= 4 is 11.6 Å². The Kier molecular flexibility index (Phi) is 4.00. The van der Waals surface area contributed by atoms with Crippen molar-refractivity contribution in [1.82, 2.24) is 0 Å². The summed E-state index contributed by atoms with van der Waals surface area (Å²) in [5.41, 5.74) is 1.30. The van der Waals surface area contributed by atoms with Gasteiger partial charge >= 0.3 is 0 Å². The fourth-order valence-corrected chi connectivity index (χ4v) is 1.92. The minimum Gasteiger partial charge on any atom is -0.504 e. The summed E-state index contributed by atoms with van der Waals surface area (Å²) < 4.78 is 5.02. The van der Waals surface area contributed by atoms with Crippen molar-refractivity contribution in [2.45, 2.75) is 0 Å². The molecule has 0 unspecified atom stereocenters. The zero-order chi connectivity index (χ0) is 15.4. The van der Waals surface area contributed by atoms with Crippen molar-refractivity contribution in [3.8, 4) is 29.1 Å². The van der Waals surface area contributed by atoms with Crippen LogP contribution in [0, 0.1) is 11.3 Å². The first-order valence-electron chi connectivity index (χ1n) is 6.07. The molecule has 106 valence electrons. The van der Waals surface area contributed by atoms with Crippen molar-refractivity contribution < 1.29 is 20.1 Å². The quantitative estimate of drug-likeness (QED) is 0.457. The molecule has 0 saturated heterocycles. The molecule has 5 nitrogen and oxygen atoms in total. The highest BCUT2D eigenvalue weighted by Crippen LogP contribution is 2.45. The van der Waals surface area contributed by atoms with E-state index in [-0.39, 0.29) is 11.3 Å². The summed E-state index contributed by atoms with van der Waals surface area (Å²) in [6.45, 7) is 0. The highest BCUT2D eigenvalue weighted by Gasteiger charge is 2.17. The van der Waals surface area contributed by atoms with E-state index in [1.54, 1.807) is 24.3 Å². The standard InChI is InChI=1S/C16H13NO4/c1-21-16-11(8-13(18)14(19)15(16)20)7-12(9-17)10-5-3-2-4-6-10/h2-8,18-20H,1H3/b12-7-. The summed E-state index contributed by atoms with van der Waals surface area (Å²) in [4.78, 5) is 0. The van der Waals surface area contributed by atoms with Gasteiger partial charge in [0, 0.05) is 5.56 Å². The van der Waals surface area contributed by atoms with Gasteiger partial charge in [-0.05, 0) is 17.7 Å². The van der Waals surface area contributed by atoms with Crippen LogP contribution in [0.15, 0.2) is 36.4 Å². The number of rotatable bonds is 3. The minimum atomic E-state index is -0.665. The molecule has 0 heterocycles. The fraction of sp³-hybridized carbons (Fsp3) is 0.0625. The molecule has 2 aromatic rings. The molecule has 2 rings (SSSR count). The lowest BCUT2D eigenvalue weighted by molar-refractivity contribution is 0.335. The zero-order valence-corrected chi connectivity index (χ0v) is 11.2. The van der Waals surface area contributed by atoms with Crippen molar-refractivity contribution in [2.24, 2.45) is 0 Å². The smallest absolute Gasteiger partial charge is 0.205 e. The van der Waals surface area contributed by atoms with Gasteiger partial charge in [0.25, 0.3) is 0 Å². The fourth-order valence-electron chi connectivity index (χ4n) is 1.92. The van der Waals surface area contributed by atoms with Gasteiger partial charge in [0.1, 0.15) is 0 Å². The molecule has 0 spiro atoms. The molecule has 0 saturated carbocycles.